The maximum absolute atomic E-state index is 4.33. The van der Waals surface area contributed by atoms with Crippen LogP contribution < -0.4 is 10.6 Å². The number of nitrogens with zero attached hydrogens (tertiary/aromatic N) is 2. The fraction of sp³-hybridized carbons (Fsp3) is 0.375. The fourth-order valence-electron chi connectivity index (χ4n) is 2.60. The molecule has 0 radical (unpaired) electrons. The molecule has 0 aromatic carbocycles. The molecule has 0 spiro atoms. The Bertz CT molecular complexity index is 535. The van der Waals surface area contributed by atoms with Crippen LogP contribution in [0.4, 0.5) is 5.69 Å². The second-order valence-electron chi connectivity index (χ2n) is 5.29. The molecule has 20 heavy (non-hydrogen) atoms. The van der Waals surface area contributed by atoms with Gasteiger partial charge in [-0.1, -0.05) is 0 Å². The Morgan fingerprint density at radius 3 is 2.85 bits per heavy atom. The Morgan fingerprint density at radius 2 is 2.05 bits per heavy atom. The van der Waals surface area contributed by atoms with Gasteiger partial charge < -0.3 is 10.6 Å². The summed E-state index contributed by atoms with van der Waals surface area (Å²) in [5.41, 5.74) is 3.36. The molecule has 0 bridgehead atoms. The quantitative estimate of drug-likeness (QED) is 0.894. The molecule has 1 aliphatic heterocycles. The van der Waals surface area contributed by atoms with Gasteiger partial charge in [0.05, 0.1) is 5.69 Å². The van der Waals surface area contributed by atoms with Gasteiger partial charge in [-0.15, -0.1) is 0 Å². The minimum atomic E-state index is 0.716. The molecule has 2 aromatic rings. The molecule has 1 unspecified atom stereocenters. The van der Waals surface area contributed by atoms with Crippen molar-refractivity contribution < 1.29 is 0 Å². The maximum Gasteiger partial charge on any atom is 0.0533 e. The minimum absolute atomic E-state index is 0.716. The Kier molecular flexibility index (Phi) is 4.23. The van der Waals surface area contributed by atoms with E-state index in [4.69, 9.17) is 0 Å². The Morgan fingerprint density at radius 1 is 1.15 bits per heavy atom. The van der Waals surface area contributed by atoms with E-state index in [1.807, 2.05) is 36.9 Å². The van der Waals surface area contributed by atoms with Crippen LogP contribution in [0.25, 0.3) is 11.1 Å². The van der Waals surface area contributed by atoms with Gasteiger partial charge in [0.1, 0.15) is 0 Å². The summed E-state index contributed by atoms with van der Waals surface area (Å²) in [6.07, 6.45) is 9.98. The Balaban J connectivity index is 1.65. The molecule has 1 saturated heterocycles. The van der Waals surface area contributed by atoms with Gasteiger partial charge in [-0.05, 0) is 55.6 Å². The largest absolute Gasteiger partial charge is 0.383 e. The van der Waals surface area contributed by atoms with Gasteiger partial charge in [0.25, 0.3) is 0 Å². The number of hydrogen-bond donors (Lipinski definition) is 2. The van der Waals surface area contributed by atoms with Gasteiger partial charge >= 0.3 is 0 Å². The van der Waals surface area contributed by atoms with Crippen LogP contribution in [0.15, 0.2) is 43.0 Å². The smallest absolute Gasteiger partial charge is 0.0533 e. The van der Waals surface area contributed by atoms with Crippen molar-refractivity contribution >= 4 is 5.69 Å². The molecule has 3 heterocycles. The van der Waals surface area contributed by atoms with E-state index in [1.165, 1.54) is 12.8 Å². The number of aromatic nitrogens is 2. The maximum atomic E-state index is 4.33. The number of piperidine rings is 1. The van der Waals surface area contributed by atoms with Crippen LogP contribution in [-0.4, -0.2) is 29.6 Å². The molecular formula is C16H20N4. The summed E-state index contributed by atoms with van der Waals surface area (Å²) in [6, 6.07) is 6.16. The van der Waals surface area contributed by atoms with Crippen LogP contribution in [-0.2, 0) is 0 Å². The lowest BCUT2D eigenvalue weighted by molar-refractivity contribution is 0.393. The second-order valence-corrected chi connectivity index (χ2v) is 5.29. The summed E-state index contributed by atoms with van der Waals surface area (Å²) in [5.74, 6) is 0.716. The normalized spacial score (nSPS) is 18.7. The van der Waals surface area contributed by atoms with Crippen LogP contribution in [0.3, 0.4) is 0 Å². The third-order valence-electron chi connectivity index (χ3n) is 3.75. The predicted molar refractivity (Wildman–Crippen MR) is 81.6 cm³/mol. The summed E-state index contributed by atoms with van der Waals surface area (Å²) in [6.45, 7) is 3.29. The lowest BCUT2D eigenvalue weighted by atomic mass is 10.00. The summed E-state index contributed by atoms with van der Waals surface area (Å²) in [4.78, 5) is 8.37. The van der Waals surface area contributed by atoms with Crippen LogP contribution >= 0.6 is 0 Å². The van der Waals surface area contributed by atoms with E-state index in [0.29, 0.717) is 5.92 Å². The average molecular weight is 268 g/mol. The Hall–Kier alpha value is -1.94. The summed E-state index contributed by atoms with van der Waals surface area (Å²) in [7, 11) is 0. The second kappa shape index (κ2) is 6.48. The molecule has 1 atom stereocenters. The van der Waals surface area contributed by atoms with Gasteiger partial charge in [0.15, 0.2) is 0 Å². The number of anilines is 1. The molecule has 2 aromatic heterocycles. The molecule has 0 amide bonds. The van der Waals surface area contributed by atoms with Crippen molar-refractivity contribution in [3.63, 3.8) is 0 Å². The topological polar surface area (TPSA) is 49.8 Å². The van der Waals surface area contributed by atoms with E-state index in [9.17, 15) is 0 Å². The van der Waals surface area contributed by atoms with Crippen LogP contribution in [0.5, 0.6) is 0 Å². The van der Waals surface area contributed by atoms with E-state index in [1.54, 1.807) is 0 Å². The molecule has 0 saturated carbocycles. The molecular weight excluding hydrogens is 248 g/mol. The zero-order chi connectivity index (χ0) is 13.6. The van der Waals surface area contributed by atoms with Gasteiger partial charge in [-0.25, -0.2) is 0 Å². The van der Waals surface area contributed by atoms with E-state index >= 15 is 0 Å². The van der Waals surface area contributed by atoms with E-state index in [2.05, 4.69) is 26.7 Å². The van der Waals surface area contributed by atoms with Crippen molar-refractivity contribution in [2.75, 3.05) is 25.0 Å². The van der Waals surface area contributed by atoms with Gasteiger partial charge in [0, 0.05) is 36.9 Å². The average Bonchev–Trinajstić information content (AvgIpc) is 2.55. The van der Waals surface area contributed by atoms with E-state index < -0.39 is 0 Å². The molecule has 4 nitrogen and oxygen atoms in total. The number of nitrogens with one attached hydrogen (secondary N) is 2. The highest BCUT2D eigenvalue weighted by Crippen LogP contribution is 2.21. The van der Waals surface area contributed by atoms with Gasteiger partial charge in [-0.2, -0.15) is 0 Å². The van der Waals surface area contributed by atoms with Crippen LogP contribution in [0, 0.1) is 5.92 Å². The monoisotopic (exact) mass is 268 g/mol. The fourth-order valence-corrected chi connectivity index (χ4v) is 2.60. The van der Waals surface area contributed by atoms with Crippen molar-refractivity contribution in [3.05, 3.63) is 43.0 Å². The third kappa shape index (κ3) is 3.33. The molecule has 0 aliphatic carbocycles. The first kappa shape index (κ1) is 13.1. The first-order valence-electron chi connectivity index (χ1n) is 7.22. The molecule has 4 heteroatoms. The molecule has 1 fully saturated rings. The molecule has 3 rings (SSSR count). The predicted octanol–water partition coefficient (Wildman–Crippen LogP) is 2.56. The van der Waals surface area contributed by atoms with Crippen molar-refractivity contribution in [2.45, 2.75) is 12.8 Å². The van der Waals surface area contributed by atoms with Crippen molar-refractivity contribution in [2.24, 2.45) is 5.92 Å². The summed E-state index contributed by atoms with van der Waals surface area (Å²) >= 11 is 0. The van der Waals surface area contributed by atoms with Crippen molar-refractivity contribution in [3.8, 4) is 11.1 Å². The zero-order valence-corrected chi connectivity index (χ0v) is 11.5. The summed E-state index contributed by atoms with van der Waals surface area (Å²) < 4.78 is 0. The molecule has 104 valence electrons. The van der Waals surface area contributed by atoms with E-state index in [-0.39, 0.29) is 0 Å². The standard InChI is InChI=1S/C16H20N4/c1-2-13(9-18-5-1)10-20-16-8-15(11-19-12-16)14-3-6-17-7-4-14/h3-4,6-8,11-13,18,20H,1-2,5,9-10H2. The number of pyridine rings is 2. The lowest BCUT2D eigenvalue weighted by Gasteiger charge is -2.23. The van der Waals surface area contributed by atoms with Crippen molar-refractivity contribution in [1.82, 2.24) is 15.3 Å². The number of rotatable bonds is 4. The zero-order valence-electron chi connectivity index (χ0n) is 11.5. The minimum Gasteiger partial charge on any atom is -0.383 e. The molecule has 2 N–H and O–H groups in total. The highest BCUT2D eigenvalue weighted by atomic mass is 14.9. The number of hydrogen-bond acceptors (Lipinski definition) is 4. The Labute approximate surface area is 119 Å². The van der Waals surface area contributed by atoms with Gasteiger partial charge in [-0.3, -0.25) is 9.97 Å². The van der Waals surface area contributed by atoms with Crippen LogP contribution in [0.1, 0.15) is 12.8 Å². The lowest BCUT2D eigenvalue weighted by Crippen LogP contribution is -2.33. The summed E-state index contributed by atoms with van der Waals surface area (Å²) in [5, 5.41) is 6.95. The van der Waals surface area contributed by atoms with Gasteiger partial charge in [0.2, 0.25) is 0 Å². The SMILES string of the molecule is c1cc(-c2cncc(NCC3CCCNC3)c2)ccn1. The van der Waals surface area contributed by atoms with E-state index in [0.717, 1.165) is 36.4 Å². The highest BCUT2D eigenvalue weighted by molar-refractivity contribution is 5.66. The highest BCUT2D eigenvalue weighted by Gasteiger charge is 2.12. The first-order chi connectivity index (χ1) is 9.92. The van der Waals surface area contributed by atoms with Crippen molar-refractivity contribution in [1.29, 1.82) is 0 Å². The molecule has 1 aliphatic rings. The van der Waals surface area contributed by atoms with Crippen LogP contribution in [0.2, 0.25) is 0 Å². The first-order valence-corrected chi connectivity index (χ1v) is 7.22. The third-order valence-corrected chi connectivity index (χ3v) is 3.75.